The first kappa shape index (κ1) is 23.5. The predicted octanol–water partition coefficient (Wildman–Crippen LogP) is 1.80. The number of nitrogens with one attached hydrogen (secondary N) is 1. The van der Waals surface area contributed by atoms with Crippen molar-refractivity contribution < 1.29 is 21.6 Å². The molecule has 0 bridgehead atoms. The van der Waals surface area contributed by atoms with Gasteiger partial charge in [-0.1, -0.05) is 12.5 Å². The molecule has 0 radical (unpaired) electrons. The lowest BCUT2D eigenvalue weighted by molar-refractivity contribution is 0.0925. The highest BCUT2D eigenvalue weighted by atomic mass is 32.2. The Hall–Kier alpha value is -1.16. The fraction of sp³-hybridized carbons (Fsp3) is 0.714. The largest absolute Gasteiger partial charge is 0.495 e. The molecular formula is C21H34N2O5S2. The Labute approximate surface area is 181 Å². The van der Waals surface area contributed by atoms with Crippen LogP contribution in [-0.4, -0.2) is 76.8 Å². The molecular weight excluding hydrogens is 424 g/mol. The summed E-state index contributed by atoms with van der Waals surface area (Å²) < 4.78 is 57.1. The Morgan fingerprint density at radius 1 is 1.17 bits per heavy atom. The third-order valence-electron chi connectivity index (χ3n) is 6.33. The molecule has 170 valence electrons. The van der Waals surface area contributed by atoms with Gasteiger partial charge in [0.05, 0.1) is 23.9 Å². The summed E-state index contributed by atoms with van der Waals surface area (Å²) >= 11 is 0. The molecule has 30 heavy (non-hydrogen) atoms. The van der Waals surface area contributed by atoms with Gasteiger partial charge in [0.25, 0.3) is 0 Å². The zero-order valence-electron chi connectivity index (χ0n) is 18.3. The van der Waals surface area contributed by atoms with Crippen molar-refractivity contribution in [1.82, 2.24) is 10.2 Å². The fourth-order valence-electron chi connectivity index (χ4n) is 4.47. The lowest BCUT2D eigenvalue weighted by Gasteiger charge is -2.42. The average molecular weight is 459 g/mol. The summed E-state index contributed by atoms with van der Waals surface area (Å²) in [6.07, 6.45) is 3.55. The summed E-state index contributed by atoms with van der Waals surface area (Å²) in [4.78, 5) is 2.47. The molecule has 7 nitrogen and oxygen atoms in total. The van der Waals surface area contributed by atoms with Gasteiger partial charge >= 0.3 is 0 Å². The molecule has 2 heterocycles. The lowest BCUT2D eigenvalue weighted by atomic mass is 9.98. The lowest BCUT2D eigenvalue weighted by Crippen LogP contribution is -2.56. The van der Waals surface area contributed by atoms with Gasteiger partial charge in [-0.3, -0.25) is 4.90 Å². The quantitative estimate of drug-likeness (QED) is 0.666. The Morgan fingerprint density at radius 2 is 1.83 bits per heavy atom. The zero-order valence-corrected chi connectivity index (χ0v) is 20.0. The van der Waals surface area contributed by atoms with E-state index in [4.69, 9.17) is 4.74 Å². The Balaban J connectivity index is 1.85. The third-order valence-corrected chi connectivity index (χ3v) is 10.5. The maximum Gasteiger partial charge on any atom is 0.187 e. The molecule has 1 aromatic carbocycles. The van der Waals surface area contributed by atoms with Crippen molar-refractivity contribution in [2.45, 2.75) is 61.8 Å². The minimum absolute atomic E-state index is 0.0641. The molecule has 0 amide bonds. The summed E-state index contributed by atoms with van der Waals surface area (Å²) in [5.41, 5.74) is 0.605. The molecule has 1 aromatic rings. The predicted molar refractivity (Wildman–Crippen MR) is 119 cm³/mol. The van der Waals surface area contributed by atoms with E-state index in [1.165, 1.54) is 13.5 Å². The van der Waals surface area contributed by atoms with Crippen LogP contribution in [-0.2, 0) is 19.7 Å². The van der Waals surface area contributed by atoms with E-state index >= 15 is 0 Å². The summed E-state index contributed by atoms with van der Waals surface area (Å²) in [6.45, 7) is 8.62. The van der Waals surface area contributed by atoms with E-state index in [1.54, 1.807) is 25.1 Å². The third kappa shape index (κ3) is 5.00. The zero-order chi connectivity index (χ0) is 22.2. The summed E-state index contributed by atoms with van der Waals surface area (Å²) in [6, 6.07) is 4.32. The first-order valence-electron chi connectivity index (χ1n) is 10.5. The van der Waals surface area contributed by atoms with Crippen molar-refractivity contribution in [3.63, 3.8) is 0 Å². The van der Waals surface area contributed by atoms with E-state index < -0.39 is 31.0 Å². The van der Waals surface area contributed by atoms with Gasteiger partial charge in [0, 0.05) is 18.1 Å². The molecule has 1 N–H and O–H groups in total. The molecule has 0 aliphatic carbocycles. The number of hydrogen-bond donors (Lipinski definition) is 1. The number of aryl methyl sites for hydroxylation is 1. The molecule has 2 aliphatic heterocycles. The van der Waals surface area contributed by atoms with Crippen LogP contribution in [0.5, 0.6) is 5.75 Å². The van der Waals surface area contributed by atoms with E-state index in [-0.39, 0.29) is 27.7 Å². The van der Waals surface area contributed by atoms with Gasteiger partial charge in [-0.2, -0.15) is 0 Å². The van der Waals surface area contributed by atoms with Crippen LogP contribution in [0.2, 0.25) is 0 Å². The Bertz CT molecular complexity index is 967. The number of benzene rings is 1. The van der Waals surface area contributed by atoms with E-state index in [1.807, 2.05) is 0 Å². The van der Waals surface area contributed by atoms with Crippen LogP contribution in [0.4, 0.5) is 0 Å². The maximum absolute atomic E-state index is 13.5. The highest BCUT2D eigenvalue weighted by molar-refractivity contribution is 7.96. The molecule has 0 spiro atoms. The van der Waals surface area contributed by atoms with Gasteiger partial charge in [-0.15, -0.1) is 0 Å². The molecule has 9 heteroatoms. The van der Waals surface area contributed by atoms with Gasteiger partial charge in [0.2, 0.25) is 0 Å². The molecule has 0 aromatic heterocycles. The van der Waals surface area contributed by atoms with Crippen molar-refractivity contribution >= 4 is 19.7 Å². The standard InChI is InChI=1S/C21H34N2O5S2/c1-16-8-9-18(28-4)19(12-16)30(26,27)20-14-29(24,25)13-17(20)22-15-21(2,3)23-10-6-5-7-11-23/h8-9,12,17,20,22H,5-7,10-11,13-15H2,1-4H3/t17-,20-/m0/s1. The van der Waals surface area contributed by atoms with Crippen molar-refractivity contribution in [3.05, 3.63) is 23.8 Å². The van der Waals surface area contributed by atoms with Gasteiger partial charge in [0.1, 0.15) is 10.6 Å². The first-order chi connectivity index (χ1) is 14.0. The van der Waals surface area contributed by atoms with Crippen LogP contribution < -0.4 is 10.1 Å². The highest BCUT2D eigenvalue weighted by Crippen LogP contribution is 2.32. The topological polar surface area (TPSA) is 92.8 Å². The van der Waals surface area contributed by atoms with E-state index in [9.17, 15) is 16.8 Å². The second-order valence-electron chi connectivity index (χ2n) is 9.16. The minimum Gasteiger partial charge on any atom is -0.495 e. The van der Waals surface area contributed by atoms with E-state index in [0.717, 1.165) is 31.5 Å². The van der Waals surface area contributed by atoms with Gasteiger partial charge in [0.15, 0.2) is 19.7 Å². The number of nitrogens with zero attached hydrogens (tertiary/aromatic N) is 1. The van der Waals surface area contributed by atoms with Gasteiger partial charge in [-0.25, -0.2) is 16.8 Å². The minimum atomic E-state index is -3.90. The smallest absolute Gasteiger partial charge is 0.187 e. The van der Waals surface area contributed by atoms with E-state index in [0.29, 0.717) is 6.54 Å². The number of ether oxygens (including phenoxy) is 1. The van der Waals surface area contributed by atoms with Crippen LogP contribution in [0, 0.1) is 6.92 Å². The van der Waals surface area contributed by atoms with Crippen molar-refractivity contribution in [2.75, 3.05) is 38.2 Å². The van der Waals surface area contributed by atoms with Crippen molar-refractivity contribution in [1.29, 1.82) is 0 Å². The second-order valence-corrected chi connectivity index (χ2v) is 13.5. The number of piperidine rings is 1. The highest BCUT2D eigenvalue weighted by Gasteiger charge is 2.47. The SMILES string of the molecule is COc1ccc(C)cc1S(=O)(=O)[C@H]1CS(=O)(=O)C[C@@H]1NCC(C)(C)N1CCCCC1. The molecule has 0 saturated carbocycles. The van der Waals surface area contributed by atoms with Crippen LogP contribution in [0.15, 0.2) is 23.1 Å². The van der Waals surface area contributed by atoms with Crippen LogP contribution in [0.25, 0.3) is 0 Å². The molecule has 2 atom stereocenters. The average Bonchev–Trinajstić information content (AvgIpc) is 3.02. The molecule has 2 aliphatic rings. The monoisotopic (exact) mass is 458 g/mol. The molecule has 3 rings (SSSR count). The first-order valence-corrected chi connectivity index (χ1v) is 13.9. The fourth-order valence-corrected chi connectivity index (χ4v) is 9.43. The second kappa shape index (κ2) is 8.76. The molecule has 2 fully saturated rings. The van der Waals surface area contributed by atoms with Gasteiger partial charge in [-0.05, 0) is 64.4 Å². The number of sulfone groups is 2. The summed E-state index contributed by atoms with van der Waals surface area (Å²) in [5.74, 6) is -0.285. The van der Waals surface area contributed by atoms with Crippen LogP contribution >= 0.6 is 0 Å². The Kier molecular flexibility index (Phi) is 6.86. The number of likely N-dealkylation sites (tertiary alicyclic amines) is 1. The number of hydrogen-bond acceptors (Lipinski definition) is 7. The van der Waals surface area contributed by atoms with Crippen molar-refractivity contribution in [2.24, 2.45) is 0 Å². The maximum atomic E-state index is 13.5. The van der Waals surface area contributed by atoms with Crippen LogP contribution in [0.1, 0.15) is 38.7 Å². The number of methoxy groups -OCH3 is 1. The normalized spacial score (nSPS) is 25.3. The van der Waals surface area contributed by atoms with Crippen LogP contribution in [0.3, 0.4) is 0 Å². The van der Waals surface area contributed by atoms with Gasteiger partial charge < -0.3 is 10.1 Å². The molecule has 2 saturated heterocycles. The Morgan fingerprint density at radius 3 is 2.47 bits per heavy atom. The van der Waals surface area contributed by atoms with Crippen molar-refractivity contribution in [3.8, 4) is 5.75 Å². The van der Waals surface area contributed by atoms with E-state index in [2.05, 4.69) is 24.1 Å². The summed E-state index contributed by atoms with van der Waals surface area (Å²) in [5, 5.41) is 2.28. The summed E-state index contributed by atoms with van der Waals surface area (Å²) in [7, 11) is -5.93. The molecule has 0 unspecified atom stereocenters. The number of rotatable bonds is 7.